The number of amides is 1. The molecule has 0 atom stereocenters. The fourth-order valence-corrected chi connectivity index (χ4v) is 1.37. The first-order valence-corrected chi connectivity index (χ1v) is 4.88. The van der Waals surface area contributed by atoms with Crippen LogP contribution in [-0.2, 0) is 6.54 Å². The Morgan fingerprint density at radius 2 is 2.44 bits per heavy atom. The zero-order valence-electron chi connectivity index (χ0n) is 8.87. The topological polar surface area (TPSA) is 99.6 Å². The van der Waals surface area contributed by atoms with Crippen LogP contribution in [0.25, 0.3) is 0 Å². The molecule has 2 rings (SSSR count). The van der Waals surface area contributed by atoms with Crippen LogP contribution in [0.5, 0.6) is 0 Å². The molecule has 16 heavy (non-hydrogen) atoms. The van der Waals surface area contributed by atoms with E-state index in [4.69, 9.17) is 5.73 Å². The summed E-state index contributed by atoms with van der Waals surface area (Å²) in [6, 6.07) is 1.59. The molecule has 0 fully saturated rings. The maximum absolute atomic E-state index is 11.6. The number of aromatic nitrogens is 3. The summed E-state index contributed by atoms with van der Waals surface area (Å²) in [4.78, 5) is 14.4. The molecule has 5 N–H and O–H groups in total. The average Bonchev–Trinajstić information content (AvgIpc) is 2.84. The van der Waals surface area contributed by atoms with Crippen molar-refractivity contribution in [2.75, 3.05) is 5.73 Å². The molecule has 6 nitrogen and oxygen atoms in total. The lowest BCUT2D eigenvalue weighted by molar-refractivity contribution is 0.0946. The van der Waals surface area contributed by atoms with Gasteiger partial charge in [-0.2, -0.15) is 5.10 Å². The molecule has 0 spiro atoms. The second-order valence-corrected chi connectivity index (χ2v) is 3.55. The average molecular weight is 219 g/mol. The minimum absolute atomic E-state index is 0.183. The minimum atomic E-state index is -0.183. The first-order valence-electron chi connectivity index (χ1n) is 4.88. The molecule has 1 amide bonds. The van der Waals surface area contributed by atoms with Gasteiger partial charge in [-0.25, -0.2) is 0 Å². The van der Waals surface area contributed by atoms with Gasteiger partial charge in [0.25, 0.3) is 5.91 Å². The normalized spacial score (nSPS) is 10.3. The predicted molar refractivity (Wildman–Crippen MR) is 59.7 cm³/mol. The van der Waals surface area contributed by atoms with Gasteiger partial charge in [-0.15, -0.1) is 0 Å². The Morgan fingerprint density at radius 1 is 1.62 bits per heavy atom. The van der Waals surface area contributed by atoms with E-state index < -0.39 is 0 Å². The molecule has 2 aromatic rings. The molecule has 0 aromatic carbocycles. The van der Waals surface area contributed by atoms with Gasteiger partial charge in [0.05, 0.1) is 6.20 Å². The Hall–Kier alpha value is -2.24. The molecule has 6 heteroatoms. The van der Waals surface area contributed by atoms with E-state index in [2.05, 4.69) is 20.5 Å². The third kappa shape index (κ3) is 2.05. The standard InChI is InChI=1S/C10H13N5O/c1-6-7(4-14-15-6)3-13-10(16)9-2-8(11)5-12-9/h2,4-5,12H,3,11H2,1H3,(H,13,16)(H,14,15). The molecule has 84 valence electrons. The smallest absolute Gasteiger partial charge is 0.268 e. The molecule has 0 saturated carbocycles. The molecule has 0 bridgehead atoms. The van der Waals surface area contributed by atoms with Gasteiger partial charge in [0.2, 0.25) is 0 Å². The van der Waals surface area contributed by atoms with Crippen LogP contribution in [0, 0.1) is 6.92 Å². The van der Waals surface area contributed by atoms with Crippen molar-refractivity contribution in [3.05, 3.63) is 35.4 Å². The molecule has 2 heterocycles. The quantitative estimate of drug-likeness (QED) is 0.606. The zero-order chi connectivity index (χ0) is 11.5. The molecule has 0 aliphatic heterocycles. The van der Waals surface area contributed by atoms with Crippen molar-refractivity contribution in [3.8, 4) is 0 Å². The Bertz CT molecular complexity index is 499. The van der Waals surface area contributed by atoms with Gasteiger partial charge in [0.1, 0.15) is 5.69 Å². The monoisotopic (exact) mass is 219 g/mol. The molecule has 2 aromatic heterocycles. The Labute approximate surface area is 92.2 Å². The summed E-state index contributed by atoms with van der Waals surface area (Å²) in [6.07, 6.45) is 3.27. The largest absolute Gasteiger partial charge is 0.397 e. The van der Waals surface area contributed by atoms with Crippen LogP contribution in [0.15, 0.2) is 18.5 Å². The first kappa shape index (κ1) is 10.3. The molecule has 0 aliphatic rings. The van der Waals surface area contributed by atoms with Gasteiger partial charge in [-0.1, -0.05) is 0 Å². The highest BCUT2D eigenvalue weighted by molar-refractivity contribution is 5.93. The van der Waals surface area contributed by atoms with Crippen LogP contribution < -0.4 is 11.1 Å². The molecule has 0 radical (unpaired) electrons. The summed E-state index contributed by atoms with van der Waals surface area (Å²) in [5.74, 6) is -0.183. The fraction of sp³-hybridized carbons (Fsp3) is 0.200. The number of carbonyl (C=O) groups is 1. The summed E-state index contributed by atoms with van der Waals surface area (Å²) in [7, 11) is 0. The molecule has 0 saturated heterocycles. The van der Waals surface area contributed by atoms with Gasteiger partial charge in [-0.05, 0) is 13.0 Å². The number of hydrogen-bond acceptors (Lipinski definition) is 3. The van der Waals surface area contributed by atoms with Crippen molar-refractivity contribution in [1.29, 1.82) is 0 Å². The highest BCUT2D eigenvalue weighted by Gasteiger charge is 2.08. The minimum Gasteiger partial charge on any atom is -0.397 e. The maximum atomic E-state index is 11.6. The molecule has 0 unspecified atom stereocenters. The second kappa shape index (κ2) is 4.09. The number of hydrogen-bond donors (Lipinski definition) is 4. The summed E-state index contributed by atoms with van der Waals surface area (Å²) < 4.78 is 0. The highest BCUT2D eigenvalue weighted by atomic mass is 16.1. The number of nitrogens with two attached hydrogens (primary N) is 1. The van der Waals surface area contributed by atoms with Gasteiger partial charge in [-0.3, -0.25) is 9.89 Å². The van der Waals surface area contributed by atoms with Crippen LogP contribution in [0.2, 0.25) is 0 Å². The summed E-state index contributed by atoms with van der Waals surface area (Å²) in [6.45, 7) is 2.35. The van der Waals surface area contributed by atoms with Crippen molar-refractivity contribution in [1.82, 2.24) is 20.5 Å². The number of nitrogens with zero attached hydrogens (tertiary/aromatic N) is 1. The number of aromatic amines is 2. The van der Waals surface area contributed by atoms with E-state index >= 15 is 0 Å². The summed E-state index contributed by atoms with van der Waals surface area (Å²) in [5, 5.41) is 9.45. The fourth-order valence-electron chi connectivity index (χ4n) is 1.37. The van der Waals surface area contributed by atoms with Crippen molar-refractivity contribution in [2.45, 2.75) is 13.5 Å². The van der Waals surface area contributed by atoms with Crippen molar-refractivity contribution < 1.29 is 4.79 Å². The number of nitrogens with one attached hydrogen (secondary N) is 3. The van der Waals surface area contributed by atoms with Crippen molar-refractivity contribution >= 4 is 11.6 Å². The van der Waals surface area contributed by atoms with E-state index in [1.165, 1.54) is 0 Å². The van der Waals surface area contributed by atoms with Crippen LogP contribution in [0.4, 0.5) is 5.69 Å². The predicted octanol–water partition coefficient (Wildman–Crippen LogP) is 0.558. The lowest BCUT2D eigenvalue weighted by Gasteiger charge is -2.02. The van der Waals surface area contributed by atoms with Crippen LogP contribution >= 0.6 is 0 Å². The zero-order valence-corrected chi connectivity index (χ0v) is 8.87. The number of rotatable bonds is 3. The third-order valence-electron chi connectivity index (χ3n) is 2.32. The van der Waals surface area contributed by atoms with E-state index in [1.54, 1.807) is 18.5 Å². The van der Waals surface area contributed by atoms with Crippen LogP contribution in [-0.4, -0.2) is 21.1 Å². The maximum Gasteiger partial charge on any atom is 0.268 e. The number of H-pyrrole nitrogens is 2. The molecular weight excluding hydrogens is 206 g/mol. The lowest BCUT2D eigenvalue weighted by Crippen LogP contribution is -2.23. The summed E-state index contributed by atoms with van der Waals surface area (Å²) >= 11 is 0. The highest BCUT2D eigenvalue weighted by Crippen LogP contribution is 2.05. The SMILES string of the molecule is Cc1[nH]ncc1CNC(=O)c1cc(N)c[nH]1. The van der Waals surface area contributed by atoms with Gasteiger partial charge < -0.3 is 16.0 Å². The van der Waals surface area contributed by atoms with Crippen molar-refractivity contribution in [2.24, 2.45) is 0 Å². The van der Waals surface area contributed by atoms with E-state index in [1.807, 2.05) is 6.92 Å². The molecular formula is C10H13N5O. The lowest BCUT2D eigenvalue weighted by atomic mass is 10.2. The Balaban J connectivity index is 1.96. The Kier molecular flexibility index (Phi) is 2.63. The van der Waals surface area contributed by atoms with Gasteiger partial charge in [0.15, 0.2) is 0 Å². The van der Waals surface area contributed by atoms with E-state index in [0.717, 1.165) is 11.3 Å². The number of anilines is 1. The number of nitrogen functional groups attached to an aromatic ring is 1. The van der Waals surface area contributed by atoms with E-state index in [-0.39, 0.29) is 5.91 Å². The van der Waals surface area contributed by atoms with Crippen LogP contribution in [0.3, 0.4) is 0 Å². The number of carbonyl (C=O) groups excluding carboxylic acids is 1. The Morgan fingerprint density at radius 3 is 3.00 bits per heavy atom. The van der Waals surface area contributed by atoms with Gasteiger partial charge in [0, 0.05) is 29.7 Å². The molecule has 0 aliphatic carbocycles. The van der Waals surface area contributed by atoms with E-state index in [9.17, 15) is 4.79 Å². The third-order valence-corrected chi connectivity index (χ3v) is 2.32. The first-order chi connectivity index (χ1) is 7.66. The van der Waals surface area contributed by atoms with Crippen LogP contribution in [0.1, 0.15) is 21.7 Å². The van der Waals surface area contributed by atoms with Crippen molar-refractivity contribution in [3.63, 3.8) is 0 Å². The van der Waals surface area contributed by atoms with Gasteiger partial charge >= 0.3 is 0 Å². The second-order valence-electron chi connectivity index (χ2n) is 3.55. The summed E-state index contributed by atoms with van der Waals surface area (Å²) in [5.41, 5.74) is 8.42. The number of aryl methyl sites for hydroxylation is 1. The van der Waals surface area contributed by atoms with E-state index in [0.29, 0.717) is 17.9 Å².